The van der Waals surface area contributed by atoms with Crippen molar-refractivity contribution >= 4 is 33.6 Å². The van der Waals surface area contributed by atoms with Crippen LogP contribution >= 0.6 is 0 Å². The Morgan fingerprint density at radius 3 is 2.65 bits per heavy atom. The molecule has 0 radical (unpaired) electrons. The number of nitrogens with one attached hydrogen (secondary N) is 2. The number of amides is 3. The summed E-state index contributed by atoms with van der Waals surface area (Å²) >= 11 is 0. The largest absolute Gasteiger partial charge is 0.452 e. The first-order chi connectivity index (χ1) is 12.2. The van der Waals surface area contributed by atoms with Crippen LogP contribution in [0.25, 0.3) is 0 Å². The smallest absolute Gasteiger partial charge is 0.338 e. The second kappa shape index (κ2) is 6.94. The summed E-state index contributed by atoms with van der Waals surface area (Å²) in [5.74, 6) is -1.44. The molecule has 1 aliphatic carbocycles. The van der Waals surface area contributed by atoms with Gasteiger partial charge in [-0.2, -0.15) is 0 Å². The minimum absolute atomic E-state index is 0.114. The van der Waals surface area contributed by atoms with Crippen molar-refractivity contribution in [2.45, 2.75) is 25.3 Å². The van der Waals surface area contributed by atoms with Crippen LogP contribution in [0.2, 0.25) is 0 Å². The van der Waals surface area contributed by atoms with Gasteiger partial charge in [-0.05, 0) is 43.0 Å². The number of rotatable bonds is 5. The molecular weight excluding hydrogens is 362 g/mol. The molecule has 26 heavy (non-hydrogen) atoms. The second-order valence-corrected chi connectivity index (χ2v) is 8.21. The van der Waals surface area contributed by atoms with Gasteiger partial charge in [-0.15, -0.1) is 0 Å². The van der Waals surface area contributed by atoms with Crippen molar-refractivity contribution in [2.75, 3.05) is 23.7 Å². The van der Waals surface area contributed by atoms with Crippen molar-refractivity contribution in [3.8, 4) is 0 Å². The Balaban J connectivity index is 1.55. The first-order valence-corrected chi connectivity index (χ1v) is 9.97. The Labute approximate surface area is 150 Å². The molecule has 0 unspecified atom stereocenters. The molecule has 10 heteroatoms. The van der Waals surface area contributed by atoms with Crippen LogP contribution in [-0.2, 0) is 26.0 Å². The monoisotopic (exact) mass is 381 g/mol. The maximum Gasteiger partial charge on any atom is 0.338 e. The zero-order chi connectivity index (χ0) is 18.9. The van der Waals surface area contributed by atoms with Gasteiger partial charge >= 0.3 is 12.0 Å². The van der Waals surface area contributed by atoms with Crippen molar-refractivity contribution in [3.05, 3.63) is 29.3 Å². The summed E-state index contributed by atoms with van der Waals surface area (Å²) in [4.78, 5) is 35.1. The summed E-state index contributed by atoms with van der Waals surface area (Å²) in [6, 6.07) is 4.06. The second-order valence-electron chi connectivity index (χ2n) is 6.30. The van der Waals surface area contributed by atoms with Crippen LogP contribution in [0.1, 0.15) is 28.8 Å². The topological polar surface area (TPSA) is 122 Å². The van der Waals surface area contributed by atoms with E-state index in [-0.39, 0.29) is 11.6 Å². The number of anilines is 1. The number of nitrogens with zero attached hydrogens (tertiary/aromatic N) is 1. The molecule has 3 rings (SSSR count). The summed E-state index contributed by atoms with van der Waals surface area (Å²) in [6.07, 6.45) is 3.41. The van der Waals surface area contributed by atoms with Gasteiger partial charge < -0.3 is 10.1 Å². The van der Waals surface area contributed by atoms with E-state index in [0.29, 0.717) is 18.7 Å². The van der Waals surface area contributed by atoms with Gasteiger partial charge in [0.1, 0.15) is 0 Å². The van der Waals surface area contributed by atoms with Gasteiger partial charge in [0, 0.05) is 12.6 Å². The van der Waals surface area contributed by atoms with Crippen LogP contribution in [0.3, 0.4) is 0 Å². The highest BCUT2D eigenvalue weighted by Gasteiger charge is 2.27. The van der Waals surface area contributed by atoms with Gasteiger partial charge in [0.2, 0.25) is 10.0 Å². The molecule has 0 aromatic heterocycles. The highest BCUT2D eigenvalue weighted by Crippen LogP contribution is 2.30. The number of fused-ring (bicyclic) bond motifs is 1. The summed E-state index contributed by atoms with van der Waals surface area (Å²) in [7, 11) is -3.36. The van der Waals surface area contributed by atoms with Crippen molar-refractivity contribution in [3.63, 3.8) is 0 Å². The van der Waals surface area contributed by atoms with Gasteiger partial charge in [-0.25, -0.2) is 18.0 Å². The average Bonchev–Trinajstić information content (AvgIpc) is 3.25. The van der Waals surface area contributed by atoms with E-state index >= 15 is 0 Å². The molecule has 0 saturated heterocycles. The number of hydrogen-bond donors (Lipinski definition) is 2. The molecule has 9 nitrogen and oxygen atoms in total. The third kappa shape index (κ3) is 4.31. The number of esters is 1. The van der Waals surface area contributed by atoms with E-state index in [1.54, 1.807) is 12.1 Å². The molecule has 1 saturated carbocycles. The lowest BCUT2D eigenvalue weighted by Crippen LogP contribution is -2.42. The number of hydrogen-bond acceptors (Lipinski definition) is 6. The van der Waals surface area contributed by atoms with E-state index in [1.165, 1.54) is 10.4 Å². The molecule has 140 valence electrons. The van der Waals surface area contributed by atoms with E-state index in [4.69, 9.17) is 4.74 Å². The number of sulfonamides is 1. The van der Waals surface area contributed by atoms with Gasteiger partial charge in [0.25, 0.3) is 5.91 Å². The van der Waals surface area contributed by atoms with Gasteiger partial charge in [-0.1, -0.05) is 0 Å². The number of carbonyl (C=O) groups excluding carboxylic acids is 3. The molecule has 3 amide bonds. The zero-order valence-corrected chi connectivity index (χ0v) is 15.0. The Hall–Kier alpha value is -2.62. The van der Waals surface area contributed by atoms with Crippen molar-refractivity contribution < 1.29 is 27.5 Å². The van der Waals surface area contributed by atoms with Gasteiger partial charge in [-0.3, -0.25) is 14.4 Å². The molecule has 0 atom stereocenters. The molecule has 0 bridgehead atoms. The Bertz CT molecular complexity index is 863. The van der Waals surface area contributed by atoms with E-state index in [9.17, 15) is 22.8 Å². The first kappa shape index (κ1) is 18.2. The fourth-order valence-corrected chi connectivity index (χ4v) is 3.63. The third-order valence-electron chi connectivity index (χ3n) is 4.07. The van der Waals surface area contributed by atoms with Crippen LogP contribution in [0.4, 0.5) is 10.5 Å². The fraction of sp³-hybridized carbons (Fsp3) is 0.438. The Morgan fingerprint density at radius 2 is 2.00 bits per heavy atom. The fourth-order valence-electron chi connectivity index (χ4n) is 2.67. The summed E-state index contributed by atoms with van der Waals surface area (Å²) in [6.45, 7) is -0.255. The summed E-state index contributed by atoms with van der Waals surface area (Å²) < 4.78 is 29.6. The van der Waals surface area contributed by atoms with Crippen molar-refractivity contribution in [2.24, 2.45) is 0 Å². The average molecular weight is 381 g/mol. The van der Waals surface area contributed by atoms with Crippen molar-refractivity contribution in [1.82, 2.24) is 10.6 Å². The molecular formula is C16H19N3O6S. The number of urea groups is 1. The zero-order valence-electron chi connectivity index (χ0n) is 14.1. The molecule has 1 aromatic rings. The number of imide groups is 1. The molecule has 0 spiro atoms. The summed E-state index contributed by atoms with van der Waals surface area (Å²) in [5, 5.41) is 4.67. The van der Waals surface area contributed by atoms with E-state index in [0.717, 1.165) is 24.7 Å². The lowest BCUT2D eigenvalue weighted by Gasteiger charge is -2.16. The maximum absolute atomic E-state index is 12.1. The molecule has 1 aromatic carbocycles. The highest BCUT2D eigenvalue weighted by atomic mass is 32.2. The molecule has 2 N–H and O–H groups in total. The van der Waals surface area contributed by atoms with Crippen LogP contribution in [-0.4, -0.2) is 51.8 Å². The summed E-state index contributed by atoms with van der Waals surface area (Å²) in [5.41, 5.74) is 1.48. The Kier molecular flexibility index (Phi) is 4.86. The number of benzene rings is 1. The molecule has 2 aliphatic rings. The first-order valence-electron chi connectivity index (χ1n) is 8.12. The van der Waals surface area contributed by atoms with Crippen LogP contribution in [0, 0.1) is 0 Å². The molecule has 1 aliphatic heterocycles. The normalized spacial score (nSPS) is 16.0. The predicted molar refractivity (Wildman–Crippen MR) is 92.3 cm³/mol. The molecule has 1 fully saturated rings. The van der Waals surface area contributed by atoms with E-state index < -0.39 is 34.5 Å². The van der Waals surface area contributed by atoms with Crippen LogP contribution in [0.5, 0.6) is 0 Å². The lowest BCUT2D eigenvalue weighted by atomic mass is 10.1. The number of ether oxygens (including phenoxy) is 1. The predicted octanol–water partition coefficient (Wildman–Crippen LogP) is 0.154. The van der Waals surface area contributed by atoms with Gasteiger partial charge in [0.05, 0.1) is 17.5 Å². The standard InChI is InChI=1S/C16H19N3O6S/c1-26(23,24)19-7-6-10-8-11(2-5-13(10)19)15(21)25-9-14(20)18-16(22)17-12-3-4-12/h2,5,8,12H,3-4,6-7,9H2,1H3,(H2,17,18,20,22). The third-order valence-corrected chi connectivity index (χ3v) is 5.25. The van der Waals surface area contributed by atoms with E-state index in [2.05, 4.69) is 10.6 Å². The van der Waals surface area contributed by atoms with Crippen LogP contribution < -0.4 is 14.9 Å². The van der Waals surface area contributed by atoms with Gasteiger partial charge in [0.15, 0.2) is 6.61 Å². The van der Waals surface area contributed by atoms with Crippen LogP contribution in [0.15, 0.2) is 18.2 Å². The van der Waals surface area contributed by atoms with E-state index in [1.807, 2.05) is 0 Å². The lowest BCUT2D eigenvalue weighted by molar-refractivity contribution is -0.123. The quantitative estimate of drug-likeness (QED) is 0.701. The molecule has 1 heterocycles. The Morgan fingerprint density at radius 1 is 1.27 bits per heavy atom. The highest BCUT2D eigenvalue weighted by molar-refractivity contribution is 7.92. The number of carbonyl (C=O) groups is 3. The maximum atomic E-state index is 12.1. The minimum atomic E-state index is -3.36. The minimum Gasteiger partial charge on any atom is -0.452 e. The van der Waals surface area contributed by atoms with Crippen molar-refractivity contribution in [1.29, 1.82) is 0 Å². The SMILES string of the molecule is CS(=O)(=O)N1CCc2cc(C(=O)OCC(=O)NC(=O)NC3CC3)ccc21.